The summed E-state index contributed by atoms with van der Waals surface area (Å²) in [6.45, 7) is 5.83. The van der Waals surface area contributed by atoms with Crippen molar-refractivity contribution in [2.75, 3.05) is 32.8 Å². The van der Waals surface area contributed by atoms with Crippen LogP contribution in [0.3, 0.4) is 0 Å². The smallest absolute Gasteiger partial charge is 0.310 e. The lowest BCUT2D eigenvalue weighted by molar-refractivity contribution is -0.142. The Morgan fingerprint density at radius 1 is 1.38 bits per heavy atom. The van der Waals surface area contributed by atoms with Crippen LogP contribution in [0.5, 0.6) is 0 Å². The summed E-state index contributed by atoms with van der Waals surface area (Å²) in [5, 5.41) is 6.27. The molecule has 0 amide bonds. The first-order valence-corrected chi connectivity index (χ1v) is 9.44. The third kappa shape index (κ3) is 4.42. The van der Waals surface area contributed by atoms with Crippen molar-refractivity contribution in [3.63, 3.8) is 0 Å². The van der Waals surface area contributed by atoms with E-state index in [0.717, 1.165) is 41.7 Å². The number of carbonyl (C=O) groups is 1. The normalized spacial score (nSPS) is 19.0. The fourth-order valence-corrected chi connectivity index (χ4v) is 3.64. The fourth-order valence-electron chi connectivity index (χ4n) is 3.04. The topological polar surface area (TPSA) is 66.8 Å². The maximum atomic E-state index is 11.9. The minimum atomic E-state index is -0.182. The number of thiazole rings is 1. The molecule has 0 radical (unpaired) electrons. The first kappa shape index (κ1) is 17.1. The van der Waals surface area contributed by atoms with Gasteiger partial charge in [0.05, 0.1) is 19.6 Å². The molecule has 130 valence electrons. The van der Waals surface area contributed by atoms with E-state index in [1.807, 2.05) is 12.3 Å². The molecule has 0 spiro atoms. The standard InChI is InChI=1S/C17H24N4O2S/c1-2-23-15(22)10-13-11-19-16(17-18-6-9-24-17)20-14(13)12-21-7-4-3-5-8-21/h6,9H,2-5,7-8,10-12H2,1H3,(H,19,20). The second-order valence-corrected chi connectivity index (χ2v) is 6.92. The molecule has 24 heavy (non-hydrogen) atoms. The molecule has 0 bridgehead atoms. The largest absolute Gasteiger partial charge is 0.466 e. The fraction of sp³-hybridized carbons (Fsp3) is 0.588. The monoisotopic (exact) mass is 348 g/mol. The number of rotatable bonds is 6. The Morgan fingerprint density at radius 2 is 2.21 bits per heavy atom. The average molecular weight is 348 g/mol. The van der Waals surface area contributed by atoms with Gasteiger partial charge >= 0.3 is 5.97 Å². The van der Waals surface area contributed by atoms with E-state index in [0.29, 0.717) is 19.6 Å². The summed E-state index contributed by atoms with van der Waals surface area (Å²) in [5.74, 6) is 0.628. The number of likely N-dealkylation sites (tertiary alicyclic amines) is 1. The van der Waals surface area contributed by atoms with Gasteiger partial charge in [0.2, 0.25) is 0 Å². The number of aliphatic imine (C=N–C) groups is 1. The molecule has 0 aromatic carbocycles. The highest BCUT2D eigenvalue weighted by Crippen LogP contribution is 2.19. The summed E-state index contributed by atoms with van der Waals surface area (Å²) in [7, 11) is 0. The van der Waals surface area contributed by atoms with Crippen molar-refractivity contribution < 1.29 is 9.53 Å². The lowest BCUT2D eigenvalue weighted by Gasteiger charge is -2.30. The van der Waals surface area contributed by atoms with E-state index < -0.39 is 0 Å². The van der Waals surface area contributed by atoms with Crippen LogP contribution in [0.2, 0.25) is 0 Å². The van der Waals surface area contributed by atoms with Crippen LogP contribution in [0, 0.1) is 0 Å². The lowest BCUT2D eigenvalue weighted by Crippen LogP contribution is -2.39. The van der Waals surface area contributed by atoms with Gasteiger partial charge in [-0.05, 0) is 38.4 Å². The van der Waals surface area contributed by atoms with E-state index in [9.17, 15) is 4.79 Å². The number of nitrogens with zero attached hydrogens (tertiary/aromatic N) is 3. The zero-order valence-corrected chi connectivity index (χ0v) is 14.9. The van der Waals surface area contributed by atoms with Gasteiger partial charge in [0.15, 0.2) is 10.8 Å². The summed E-state index contributed by atoms with van der Waals surface area (Å²) < 4.78 is 5.11. The molecule has 0 unspecified atom stereocenters. The van der Waals surface area contributed by atoms with E-state index in [-0.39, 0.29) is 5.97 Å². The second kappa shape index (κ2) is 8.39. The minimum Gasteiger partial charge on any atom is -0.466 e. The molecular weight excluding hydrogens is 324 g/mol. The molecule has 0 atom stereocenters. The highest BCUT2D eigenvalue weighted by atomic mass is 32.1. The molecule has 0 aliphatic carbocycles. The second-order valence-electron chi connectivity index (χ2n) is 6.03. The van der Waals surface area contributed by atoms with Gasteiger partial charge in [-0.25, -0.2) is 4.98 Å². The van der Waals surface area contributed by atoms with Crippen molar-refractivity contribution in [2.45, 2.75) is 32.6 Å². The van der Waals surface area contributed by atoms with Crippen LogP contribution in [0.15, 0.2) is 27.8 Å². The van der Waals surface area contributed by atoms with Gasteiger partial charge in [0.1, 0.15) is 0 Å². The minimum absolute atomic E-state index is 0.182. The Hall–Kier alpha value is -1.73. The number of aromatic nitrogens is 1. The molecule has 1 fully saturated rings. The maximum Gasteiger partial charge on any atom is 0.310 e. The zero-order valence-electron chi connectivity index (χ0n) is 14.1. The lowest BCUT2D eigenvalue weighted by atomic mass is 10.1. The van der Waals surface area contributed by atoms with Gasteiger partial charge in [0, 0.05) is 23.8 Å². The van der Waals surface area contributed by atoms with Gasteiger partial charge in [-0.1, -0.05) is 6.42 Å². The quantitative estimate of drug-likeness (QED) is 0.798. The van der Waals surface area contributed by atoms with Crippen LogP contribution < -0.4 is 5.32 Å². The average Bonchev–Trinajstić information content (AvgIpc) is 3.12. The number of nitrogens with one attached hydrogen (secondary N) is 1. The molecule has 1 aromatic heterocycles. The van der Waals surface area contributed by atoms with Crippen LogP contribution in [0.4, 0.5) is 0 Å². The molecule has 6 nitrogen and oxygen atoms in total. The van der Waals surface area contributed by atoms with Crippen LogP contribution in [0.25, 0.3) is 0 Å². The molecule has 1 aromatic rings. The van der Waals surface area contributed by atoms with Crippen molar-refractivity contribution in [3.8, 4) is 0 Å². The van der Waals surface area contributed by atoms with Crippen molar-refractivity contribution in [1.82, 2.24) is 15.2 Å². The van der Waals surface area contributed by atoms with E-state index in [4.69, 9.17) is 4.74 Å². The third-order valence-corrected chi connectivity index (χ3v) is 5.03. The molecule has 2 aliphatic rings. The molecule has 3 rings (SSSR count). The zero-order chi connectivity index (χ0) is 16.8. The highest BCUT2D eigenvalue weighted by Gasteiger charge is 2.22. The third-order valence-electron chi connectivity index (χ3n) is 4.25. The molecule has 3 heterocycles. The van der Waals surface area contributed by atoms with E-state index >= 15 is 0 Å². The Kier molecular flexibility index (Phi) is 5.98. The number of carbonyl (C=O) groups excluding carboxylic acids is 1. The Morgan fingerprint density at radius 3 is 2.92 bits per heavy atom. The van der Waals surface area contributed by atoms with Gasteiger partial charge in [0.25, 0.3) is 0 Å². The predicted molar refractivity (Wildman–Crippen MR) is 95.2 cm³/mol. The highest BCUT2D eigenvalue weighted by molar-refractivity contribution is 7.11. The SMILES string of the molecule is CCOC(=O)CC1=C(CN2CCCCC2)NC(c2nccs2)=NC1. The summed E-state index contributed by atoms with van der Waals surface area (Å²) >= 11 is 1.57. The first-order valence-electron chi connectivity index (χ1n) is 8.56. The molecular formula is C17H24N4O2S. The summed E-state index contributed by atoms with van der Waals surface area (Å²) in [5.41, 5.74) is 2.12. The van der Waals surface area contributed by atoms with Gasteiger partial charge < -0.3 is 10.1 Å². The summed E-state index contributed by atoms with van der Waals surface area (Å²) in [4.78, 5) is 23.3. The van der Waals surface area contributed by atoms with Gasteiger partial charge in [-0.2, -0.15) is 0 Å². The Labute approximate surface area is 146 Å². The predicted octanol–water partition coefficient (Wildman–Crippen LogP) is 2.19. The molecule has 2 aliphatic heterocycles. The number of amidine groups is 1. The van der Waals surface area contributed by atoms with Crippen LogP contribution in [-0.2, 0) is 9.53 Å². The summed E-state index contributed by atoms with van der Waals surface area (Å²) in [6, 6.07) is 0. The summed E-state index contributed by atoms with van der Waals surface area (Å²) in [6.07, 6.45) is 5.89. The van der Waals surface area contributed by atoms with Crippen LogP contribution in [-0.4, -0.2) is 54.5 Å². The number of esters is 1. The van der Waals surface area contributed by atoms with E-state index in [2.05, 4.69) is 20.2 Å². The van der Waals surface area contributed by atoms with Gasteiger partial charge in [-0.3, -0.25) is 14.7 Å². The Bertz CT molecular complexity index is 619. The maximum absolute atomic E-state index is 11.9. The van der Waals surface area contributed by atoms with Crippen LogP contribution >= 0.6 is 11.3 Å². The van der Waals surface area contributed by atoms with E-state index in [1.165, 1.54) is 19.3 Å². The van der Waals surface area contributed by atoms with Gasteiger partial charge in [-0.15, -0.1) is 11.3 Å². The molecule has 1 saturated heterocycles. The van der Waals surface area contributed by atoms with Crippen LogP contribution in [0.1, 0.15) is 37.6 Å². The number of hydrogen-bond donors (Lipinski definition) is 1. The van der Waals surface area contributed by atoms with Crippen molar-refractivity contribution in [2.24, 2.45) is 4.99 Å². The first-order chi connectivity index (χ1) is 11.8. The van der Waals surface area contributed by atoms with E-state index in [1.54, 1.807) is 17.5 Å². The van der Waals surface area contributed by atoms with Crippen molar-refractivity contribution in [1.29, 1.82) is 0 Å². The molecule has 0 saturated carbocycles. The number of ether oxygens (including phenoxy) is 1. The number of piperidine rings is 1. The molecule has 7 heteroatoms. The van der Waals surface area contributed by atoms with Crippen molar-refractivity contribution >= 4 is 23.1 Å². The molecule has 1 N–H and O–H groups in total. The van der Waals surface area contributed by atoms with Crippen molar-refractivity contribution in [3.05, 3.63) is 27.9 Å². The Balaban J connectivity index is 1.73. The number of hydrogen-bond acceptors (Lipinski definition) is 7.